The first kappa shape index (κ1) is 23.9. The van der Waals surface area contributed by atoms with Crippen molar-refractivity contribution >= 4 is 39.0 Å². The average molecular weight is 499 g/mol. The summed E-state index contributed by atoms with van der Waals surface area (Å²) in [5.74, 6) is -6.22. The molecule has 0 saturated carbocycles. The lowest BCUT2D eigenvalue weighted by Crippen LogP contribution is -2.26. The van der Waals surface area contributed by atoms with Crippen LogP contribution in [0.15, 0.2) is 71.6 Å². The molecule has 0 spiro atoms. The highest BCUT2D eigenvalue weighted by atomic mass is 32.2. The number of ketones is 2. The quantitative estimate of drug-likeness (QED) is 0.404. The second-order valence-electron chi connectivity index (χ2n) is 7.39. The summed E-state index contributed by atoms with van der Waals surface area (Å²) < 4.78 is 53.0. The number of anilines is 1. The van der Waals surface area contributed by atoms with E-state index in [0.717, 1.165) is 24.3 Å². The molecule has 1 amide bonds. The number of fused-ring (bicyclic) bond motifs is 2. The molecular formula is C24H15F2NO7S. The van der Waals surface area contributed by atoms with Gasteiger partial charge < -0.3 is 10.1 Å². The van der Waals surface area contributed by atoms with Gasteiger partial charge in [-0.15, -0.1) is 0 Å². The lowest BCUT2D eigenvalue weighted by atomic mass is 9.83. The predicted molar refractivity (Wildman–Crippen MR) is 118 cm³/mol. The van der Waals surface area contributed by atoms with Gasteiger partial charge >= 0.3 is 11.7 Å². The number of benzene rings is 3. The molecule has 1 aliphatic carbocycles. The molecule has 0 aromatic heterocycles. The molecule has 0 atom stereocenters. The van der Waals surface area contributed by atoms with E-state index in [9.17, 15) is 36.4 Å². The van der Waals surface area contributed by atoms with E-state index in [1.807, 2.05) is 0 Å². The van der Waals surface area contributed by atoms with Crippen molar-refractivity contribution in [2.75, 3.05) is 11.9 Å². The first-order valence-electron chi connectivity index (χ1n) is 10.0. The van der Waals surface area contributed by atoms with E-state index in [0.29, 0.717) is 0 Å². The fourth-order valence-corrected chi connectivity index (χ4v) is 4.25. The van der Waals surface area contributed by atoms with Gasteiger partial charge in [-0.1, -0.05) is 36.4 Å². The second kappa shape index (κ2) is 9.18. The maximum absolute atomic E-state index is 13.0. The number of carbonyl (C=O) groups excluding carboxylic acids is 4. The third kappa shape index (κ3) is 4.45. The third-order valence-corrected chi connectivity index (χ3v) is 6.61. The number of halogens is 2. The van der Waals surface area contributed by atoms with Crippen molar-refractivity contribution in [3.8, 4) is 0 Å². The van der Waals surface area contributed by atoms with Crippen LogP contribution in [0.4, 0.5) is 14.5 Å². The Hall–Kier alpha value is -4.25. The maximum Gasteiger partial charge on any atom is 0.341 e. The van der Waals surface area contributed by atoms with Gasteiger partial charge in [-0.25, -0.2) is 13.2 Å². The standard InChI is InChI=1S/C24H15F2NO7S/c25-24(26)35(32,33)14-10-8-13(9-11-14)23(31)34-12-19(28)27-18-7-3-6-17-20(18)22(30)16-5-2-1-4-15(16)21(17)29/h1-11,24H,12H2,(H,27,28). The lowest BCUT2D eigenvalue weighted by molar-refractivity contribution is -0.119. The lowest BCUT2D eigenvalue weighted by Gasteiger charge is -2.20. The summed E-state index contributed by atoms with van der Waals surface area (Å²) in [6.07, 6.45) is 0. The van der Waals surface area contributed by atoms with E-state index < -0.39 is 44.8 Å². The number of alkyl halides is 2. The van der Waals surface area contributed by atoms with Crippen LogP contribution in [0.25, 0.3) is 0 Å². The highest BCUT2D eigenvalue weighted by Crippen LogP contribution is 2.31. The fraction of sp³-hybridized carbons (Fsp3) is 0.0833. The van der Waals surface area contributed by atoms with Crippen LogP contribution in [0.5, 0.6) is 0 Å². The molecule has 1 aliphatic rings. The molecule has 4 rings (SSSR count). The van der Waals surface area contributed by atoms with E-state index in [1.54, 1.807) is 18.2 Å². The topological polar surface area (TPSA) is 124 Å². The van der Waals surface area contributed by atoms with Crippen molar-refractivity contribution in [1.29, 1.82) is 0 Å². The van der Waals surface area contributed by atoms with Crippen LogP contribution in [0.2, 0.25) is 0 Å². The Bertz CT molecular complexity index is 1480. The van der Waals surface area contributed by atoms with Gasteiger partial charge in [0.25, 0.3) is 5.91 Å². The molecule has 1 N–H and O–H groups in total. The molecule has 3 aromatic carbocycles. The molecule has 11 heteroatoms. The number of hydrogen-bond acceptors (Lipinski definition) is 7. The summed E-state index contributed by atoms with van der Waals surface area (Å²) in [5.41, 5.74) is 0.512. The van der Waals surface area contributed by atoms with E-state index in [1.165, 1.54) is 24.3 Å². The largest absolute Gasteiger partial charge is 0.452 e. The Morgan fingerprint density at radius 2 is 1.43 bits per heavy atom. The number of ether oxygens (including phenoxy) is 1. The van der Waals surface area contributed by atoms with Crippen molar-refractivity contribution in [2.45, 2.75) is 10.7 Å². The normalized spacial score (nSPS) is 12.7. The summed E-state index contributed by atoms with van der Waals surface area (Å²) in [6, 6.07) is 14.3. The zero-order valence-electron chi connectivity index (χ0n) is 17.7. The number of rotatable bonds is 6. The smallest absolute Gasteiger partial charge is 0.341 e. The van der Waals surface area contributed by atoms with Crippen LogP contribution in [-0.4, -0.2) is 44.2 Å². The van der Waals surface area contributed by atoms with E-state index in [2.05, 4.69) is 5.32 Å². The number of carbonyl (C=O) groups is 4. The van der Waals surface area contributed by atoms with E-state index in [4.69, 9.17) is 4.74 Å². The monoisotopic (exact) mass is 499 g/mol. The molecule has 3 aromatic rings. The minimum Gasteiger partial charge on any atom is -0.452 e. The highest BCUT2D eigenvalue weighted by Gasteiger charge is 2.32. The first-order chi connectivity index (χ1) is 16.6. The van der Waals surface area contributed by atoms with Crippen molar-refractivity contribution < 1.29 is 41.1 Å². The molecule has 0 radical (unpaired) electrons. The van der Waals surface area contributed by atoms with Gasteiger partial charge in [0.1, 0.15) is 0 Å². The Labute approximate surface area is 197 Å². The minimum absolute atomic E-state index is 0.0201. The summed E-state index contributed by atoms with van der Waals surface area (Å²) in [7, 11) is -4.82. The molecule has 0 aliphatic heterocycles. The van der Waals surface area contributed by atoms with E-state index >= 15 is 0 Å². The number of amides is 1. The summed E-state index contributed by atoms with van der Waals surface area (Å²) >= 11 is 0. The molecule has 0 unspecified atom stereocenters. The molecule has 178 valence electrons. The molecule has 8 nitrogen and oxygen atoms in total. The number of esters is 1. The molecule has 0 fully saturated rings. The van der Waals surface area contributed by atoms with E-state index in [-0.39, 0.29) is 39.3 Å². The van der Waals surface area contributed by atoms with Gasteiger partial charge in [0, 0.05) is 16.7 Å². The Balaban J connectivity index is 1.45. The maximum atomic E-state index is 13.0. The summed E-state index contributed by atoms with van der Waals surface area (Å²) in [4.78, 5) is 49.6. The fourth-order valence-electron chi connectivity index (χ4n) is 3.53. The first-order valence-corrected chi connectivity index (χ1v) is 11.6. The summed E-state index contributed by atoms with van der Waals surface area (Å²) in [6.45, 7) is -0.766. The van der Waals surface area contributed by atoms with Crippen LogP contribution in [0.1, 0.15) is 42.2 Å². The van der Waals surface area contributed by atoms with Crippen LogP contribution < -0.4 is 5.32 Å². The van der Waals surface area contributed by atoms with Crippen molar-refractivity contribution in [2.24, 2.45) is 0 Å². The Morgan fingerprint density at radius 3 is 2.06 bits per heavy atom. The average Bonchev–Trinajstić information content (AvgIpc) is 2.85. The van der Waals surface area contributed by atoms with Crippen LogP contribution in [0, 0.1) is 0 Å². The molecule has 35 heavy (non-hydrogen) atoms. The van der Waals surface area contributed by atoms with Crippen LogP contribution >= 0.6 is 0 Å². The highest BCUT2D eigenvalue weighted by molar-refractivity contribution is 7.91. The van der Waals surface area contributed by atoms with Crippen molar-refractivity contribution in [3.63, 3.8) is 0 Å². The molecule has 0 heterocycles. The van der Waals surface area contributed by atoms with Crippen LogP contribution in [0.3, 0.4) is 0 Å². The van der Waals surface area contributed by atoms with Crippen LogP contribution in [-0.2, 0) is 19.4 Å². The minimum atomic E-state index is -4.82. The zero-order valence-corrected chi connectivity index (χ0v) is 18.5. The molecule has 0 bridgehead atoms. The second-order valence-corrected chi connectivity index (χ2v) is 9.30. The Morgan fingerprint density at radius 1 is 0.829 bits per heavy atom. The third-order valence-electron chi connectivity index (χ3n) is 5.21. The number of sulfone groups is 1. The Kier molecular flexibility index (Phi) is 6.27. The van der Waals surface area contributed by atoms with Crippen molar-refractivity contribution in [3.05, 3.63) is 94.5 Å². The zero-order chi connectivity index (χ0) is 25.3. The van der Waals surface area contributed by atoms with Gasteiger partial charge in [-0.05, 0) is 30.3 Å². The van der Waals surface area contributed by atoms with Gasteiger partial charge in [0.2, 0.25) is 9.84 Å². The SMILES string of the molecule is O=C(COC(=O)c1ccc(S(=O)(=O)C(F)F)cc1)Nc1cccc2c1C(=O)c1ccccc1C2=O. The number of nitrogens with one attached hydrogen (secondary N) is 1. The molecule has 0 saturated heterocycles. The van der Waals surface area contributed by atoms with Gasteiger partial charge in [-0.3, -0.25) is 14.4 Å². The summed E-state index contributed by atoms with van der Waals surface area (Å²) in [5, 5.41) is 2.45. The van der Waals surface area contributed by atoms with Gasteiger partial charge in [-0.2, -0.15) is 8.78 Å². The predicted octanol–water partition coefficient (Wildman–Crippen LogP) is 3.25. The van der Waals surface area contributed by atoms with Gasteiger partial charge in [0.15, 0.2) is 18.2 Å². The number of hydrogen-bond donors (Lipinski definition) is 1. The molecular weight excluding hydrogens is 484 g/mol. The van der Waals surface area contributed by atoms with Gasteiger partial charge in [0.05, 0.1) is 21.7 Å². The van der Waals surface area contributed by atoms with Crippen molar-refractivity contribution in [1.82, 2.24) is 0 Å².